The Morgan fingerprint density at radius 2 is 1.53 bits per heavy atom. The van der Waals surface area contributed by atoms with Crippen LogP contribution in [0.4, 0.5) is 0 Å². The van der Waals surface area contributed by atoms with E-state index in [0.29, 0.717) is 12.2 Å². The third-order valence-electron chi connectivity index (χ3n) is 5.00. The van der Waals surface area contributed by atoms with Crippen LogP contribution in [-0.2, 0) is 9.59 Å². The molecule has 1 atom stereocenters. The number of amides is 2. The van der Waals surface area contributed by atoms with E-state index < -0.39 is 30.2 Å². The molecule has 32 heavy (non-hydrogen) atoms. The Morgan fingerprint density at radius 3 is 2.03 bits per heavy atom. The Labute approximate surface area is 188 Å². The molecule has 2 aromatic carbocycles. The van der Waals surface area contributed by atoms with Gasteiger partial charge in [-0.25, -0.2) is 0 Å². The first-order valence-electron chi connectivity index (χ1n) is 10.4. The highest BCUT2D eigenvalue weighted by Crippen LogP contribution is 2.23. The molecule has 8 heteroatoms. The molecule has 0 radical (unpaired) electrons. The van der Waals surface area contributed by atoms with Crippen LogP contribution >= 0.6 is 0 Å². The Bertz CT molecular complexity index is 894. The number of hydrogen-bond acceptors (Lipinski definition) is 6. The molecule has 1 unspecified atom stereocenters. The fourth-order valence-corrected chi connectivity index (χ4v) is 3.20. The molecule has 0 aliphatic rings. The van der Waals surface area contributed by atoms with E-state index in [2.05, 4.69) is 10.2 Å². The van der Waals surface area contributed by atoms with E-state index in [4.69, 9.17) is 9.84 Å². The van der Waals surface area contributed by atoms with Crippen molar-refractivity contribution in [1.29, 1.82) is 0 Å². The lowest BCUT2D eigenvalue weighted by atomic mass is 10.0. The van der Waals surface area contributed by atoms with Gasteiger partial charge in [0.2, 0.25) is 5.91 Å². The number of ether oxygens (including phenoxy) is 1. The predicted octanol–water partition coefficient (Wildman–Crippen LogP) is 1.43. The minimum Gasteiger partial charge on any atom is -0.494 e. The fraction of sp³-hybridized carbons (Fsp3) is 0.375. The number of rotatable bonds is 11. The standard InChI is InChI=1S/C24H31N3O5/c1-25-23(30)22(21(29)16-28)27(4)24(31)19-8-6-17(7-9-19)18-10-12-20(13-11-18)32-15-5-14-26(2)3/h6-13,22,28H,5,14-16H2,1-4H3,(H,25,30). The van der Waals surface area contributed by atoms with Crippen LogP contribution in [-0.4, -0.2) is 86.5 Å². The van der Waals surface area contributed by atoms with Crippen molar-refractivity contribution in [1.82, 2.24) is 15.1 Å². The van der Waals surface area contributed by atoms with Gasteiger partial charge in [-0.3, -0.25) is 14.4 Å². The monoisotopic (exact) mass is 441 g/mol. The molecule has 2 amide bonds. The maximum atomic E-state index is 12.8. The zero-order chi connectivity index (χ0) is 23.7. The van der Waals surface area contributed by atoms with Crippen molar-refractivity contribution in [3.05, 3.63) is 54.1 Å². The van der Waals surface area contributed by atoms with Crippen molar-refractivity contribution < 1.29 is 24.2 Å². The van der Waals surface area contributed by atoms with Crippen LogP contribution in [0.1, 0.15) is 16.8 Å². The molecule has 0 saturated carbocycles. The number of aliphatic hydroxyl groups excluding tert-OH is 1. The van der Waals surface area contributed by atoms with Crippen LogP contribution < -0.4 is 10.1 Å². The summed E-state index contributed by atoms with van der Waals surface area (Å²) in [4.78, 5) is 39.9. The molecule has 0 heterocycles. The predicted molar refractivity (Wildman–Crippen MR) is 123 cm³/mol. The van der Waals surface area contributed by atoms with Crippen LogP contribution in [0.15, 0.2) is 48.5 Å². The zero-order valence-corrected chi connectivity index (χ0v) is 19.0. The smallest absolute Gasteiger partial charge is 0.254 e. The SMILES string of the molecule is CNC(=O)C(C(=O)CO)N(C)C(=O)c1ccc(-c2ccc(OCCCN(C)C)cc2)cc1. The van der Waals surface area contributed by atoms with Crippen molar-refractivity contribution in [3.8, 4) is 16.9 Å². The van der Waals surface area contributed by atoms with Crippen LogP contribution in [0.2, 0.25) is 0 Å². The molecule has 0 spiro atoms. The highest BCUT2D eigenvalue weighted by Gasteiger charge is 2.32. The van der Waals surface area contributed by atoms with E-state index in [-0.39, 0.29) is 0 Å². The number of ketones is 1. The average molecular weight is 442 g/mol. The first-order valence-corrected chi connectivity index (χ1v) is 10.4. The van der Waals surface area contributed by atoms with Gasteiger partial charge in [-0.2, -0.15) is 0 Å². The molecule has 0 aromatic heterocycles. The van der Waals surface area contributed by atoms with Crippen LogP contribution in [0, 0.1) is 0 Å². The second-order valence-corrected chi connectivity index (χ2v) is 7.66. The summed E-state index contributed by atoms with van der Waals surface area (Å²) in [5.74, 6) is -1.09. The number of aliphatic hydroxyl groups is 1. The Morgan fingerprint density at radius 1 is 0.969 bits per heavy atom. The third-order valence-corrected chi connectivity index (χ3v) is 5.00. The molecule has 0 fully saturated rings. The molecule has 0 saturated heterocycles. The van der Waals surface area contributed by atoms with Gasteiger partial charge in [-0.1, -0.05) is 24.3 Å². The highest BCUT2D eigenvalue weighted by atomic mass is 16.5. The average Bonchev–Trinajstić information content (AvgIpc) is 2.81. The van der Waals surface area contributed by atoms with Gasteiger partial charge < -0.3 is 25.0 Å². The maximum absolute atomic E-state index is 12.8. The first-order chi connectivity index (χ1) is 15.3. The van der Waals surface area contributed by atoms with Crippen molar-refractivity contribution >= 4 is 17.6 Å². The topological polar surface area (TPSA) is 99.2 Å². The zero-order valence-electron chi connectivity index (χ0n) is 19.0. The number of likely N-dealkylation sites (N-methyl/N-ethyl adjacent to an activating group) is 2. The third kappa shape index (κ3) is 6.63. The number of Topliss-reactive ketones (excluding diaryl/α,β-unsaturated/α-hetero) is 1. The summed E-state index contributed by atoms with van der Waals surface area (Å²) in [6.45, 7) is 0.790. The Kier molecular flexibility index (Phi) is 9.37. The first kappa shape index (κ1) is 25.0. The van der Waals surface area contributed by atoms with E-state index >= 15 is 0 Å². The van der Waals surface area contributed by atoms with Crippen LogP contribution in [0.25, 0.3) is 11.1 Å². The van der Waals surface area contributed by atoms with Gasteiger partial charge in [0.05, 0.1) is 6.61 Å². The molecule has 0 aliphatic carbocycles. The van der Waals surface area contributed by atoms with Gasteiger partial charge >= 0.3 is 0 Å². The van der Waals surface area contributed by atoms with Crippen LogP contribution in [0.3, 0.4) is 0 Å². The Hall–Kier alpha value is -3.23. The van der Waals surface area contributed by atoms with E-state index in [1.54, 1.807) is 24.3 Å². The number of carbonyl (C=O) groups is 3. The summed E-state index contributed by atoms with van der Waals surface area (Å²) in [5.41, 5.74) is 2.21. The van der Waals surface area contributed by atoms with Crippen LogP contribution in [0.5, 0.6) is 5.75 Å². The quantitative estimate of drug-likeness (QED) is 0.404. The molecule has 2 rings (SSSR count). The van der Waals surface area contributed by atoms with Gasteiger partial charge in [-0.15, -0.1) is 0 Å². The molecular formula is C24H31N3O5. The summed E-state index contributed by atoms with van der Waals surface area (Å²) >= 11 is 0. The van der Waals surface area contributed by atoms with Gasteiger partial charge in [0.15, 0.2) is 11.8 Å². The lowest BCUT2D eigenvalue weighted by molar-refractivity contribution is -0.135. The lowest BCUT2D eigenvalue weighted by Crippen LogP contribution is -2.52. The number of nitrogens with zero attached hydrogens (tertiary/aromatic N) is 2. The van der Waals surface area contributed by atoms with Crippen molar-refractivity contribution in [2.45, 2.75) is 12.5 Å². The van der Waals surface area contributed by atoms with E-state index in [1.165, 1.54) is 14.1 Å². The number of benzene rings is 2. The summed E-state index contributed by atoms with van der Waals surface area (Å²) < 4.78 is 5.75. The fourth-order valence-electron chi connectivity index (χ4n) is 3.20. The maximum Gasteiger partial charge on any atom is 0.254 e. The van der Waals surface area contributed by atoms with E-state index in [0.717, 1.165) is 34.7 Å². The summed E-state index contributed by atoms with van der Waals surface area (Å²) in [5, 5.41) is 11.5. The number of hydrogen-bond donors (Lipinski definition) is 2. The van der Waals surface area contributed by atoms with E-state index in [1.807, 2.05) is 38.4 Å². The molecular weight excluding hydrogens is 410 g/mol. The molecule has 0 aliphatic heterocycles. The molecule has 172 valence electrons. The largest absolute Gasteiger partial charge is 0.494 e. The summed E-state index contributed by atoms with van der Waals surface area (Å²) in [7, 11) is 6.79. The van der Waals surface area contributed by atoms with E-state index in [9.17, 15) is 14.4 Å². The highest BCUT2D eigenvalue weighted by molar-refractivity contribution is 6.10. The molecule has 0 bridgehead atoms. The Balaban J connectivity index is 2.06. The van der Waals surface area contributed by atoms with Crippen molar-refractivity contribution in [2.75, 3.05) is 47.9 Å². The normalized spacial score (nSPS) is 11.7. The van der Waals surface area contributed by atoms with Gasteiger partial charge in [0.1, 0.15) is 12.4 Å². The van der Waals surface area contributed by atoms with Crippen molar-refractivity contribution in [2.24, 2.45) is 0 Å². The van der Waals surface area contributed by atoms with Gasteiger partial charge in [-0.05, 0) is 55.9 Å². The minimum absolute atomic E-state index is 0.330. The second-order valence-electron chi connectivity index (χ2n) is 7.66. The van der Waals surface area contributed by atoms with Gasteiger partial charge in [0.25, 0.3) is 5.91 Å². The molecule has 2 N–H and O–H groups in total. The summed E-state index contributed by atoms with van der Waals surface area (Å²) in [6.07, 6.45) is 0.948. The number of nitrogens with one attached hydrogen (secondary N) is 1. The van der Waals surface area contributed by atoms with Crippen molar-refractivity contribution in [3.63, 3.8) is 0 Å². The molecule has 2 aromatic rings. The lowest BCUT2D eigenvalue weighted by Gasteiger charge is -2.25. The minimum atomic E-state index is -1.39. The number of carbonyl (C=O) groups excluding carboxylic acids is 3. The molecule has 8 nitrogen and oxygen atoms in total. The second kappa shape index (κ2) is 12.0. The summed E-state index contributed by atoms with van der Waals surface area (Å²) in [6, 6.07) is 13.2. The van der Waals surface area contributed by atoms with Gasteiger partial charge in [0, 0.05) is 26.2 Å².